The molecule has 1 atom stereocenters. The number of alkyl halides is 3. The lowest BCUT2D eigenvalue weighted by molar-refractivity contribution is -0.138. The first-order chi connectivity index (χ1) is 14.7. The van der Waals surface area contributed by atoms with Crippen LogP contribution in [0.25, 0.3) is 0 Å². The smallest absolute Gasteiger partial charge is 0.417 e. The molecule has 0 radical (unpaired) electrons. The van der Waals surface area contributed by atoms with Crippen LogP contribution >= 0.6 is 0 Å². The van der Waals surface area contributed by atoms with E-state index >= 15 is 0 Å². The maximum Gasteiger partial charge on any atom is 0.417 e. The first-order valence-corrected chi connectivity index (χ1v) is 9.54. The average Bonchev–Trinajstić information content (AvgIpc) is 2.74. The maximum atomic E-state index is 13.3. The first kappa shape index (κ1) is 22.4. The molecule has 0 spiro atoms. The van der Waals surface area contributed by atoms with Gasteiger partial charge in [-0.3, -0.25) is 4.79 Å². The van der Waals surface area contributed by atoms with Gasteiger partial charge in [0.1, 0.15) is 11.6 Å². The van der Waals surface area contributed by atoms with E-state index in [1.54, 1.807) is 16.7 Å². The lowest BCUT2D eigenvalue weighted by atomic mass is 10.0. The van der Waals surface area contributed by atoms with Gasteiger partial charge < -0.3 is 19.7 Å². The van der Waals surface area contributed by atoms with Crippen LogP contribution in [0.5, 0.6) is 5.75 Å². The van der Waals surface area contributed by atoms with E-state index in [4.69, 9.17) is 9.94 Å². The van der Waals surface area contributed by atoms with E-state index in [0.29, 0.717) is 18.8 Å². The number of carbonyl (C=O) groups is 1. The third-order valence-electron chi connectivity index (χ3n) is 4.98. The third kappa shape index (κ3) is 5.25. The molecule has 1 fully saturated rings. The van der Waals surface area contributed by atoms with E-state index in [2.05, 4.69) is 5.16 Å². The monoisotopic (exact) mass is 439 g/mol. The SMILES string of the molecule is CC(Oc1ccc(F)cc1)C(=O)N1CCN(c2cccc(C(F)(F)F)c2C=NO)CC1. The number of amides is 1. The molecule has 1 saturated heterocycles. The Kier molecular flexibility index (Phi) is 6.67. The molecule has 0 aromatic heterocycles. The van der Waals surface area contributed by atoms with Gasteiger partial charge in [0.15, 0.2) is 6.10 Å². The highest BCUT2D eigenvalue weighted by molar-refractivity contribution is 5.90. The van der Waals surface area contributed by atoms with Crippen molar-refractivity contribution in [2.45, 2.75) is 19.2 Å². The molecule has 0 bridgehead atoms. The summed E-state index contributed by atoms with van der Waals surface area (Å²) in [6.07, 6.45) is -4.63. The summed E-state index contributed by atoms with van der Waals surface area (Å²) in [7, 11) is 0. The zero-order chi connectivity index (χ0) is 22.6. The van der Waals surface area contributed by atoms with Gasteiger partial charge in [-0.05, 0) is 43.3 Å². The van der Waals surface area contributed by atoms with Gasteiger partial charge in [-0.15, -0.1) is 0 Å². The molecule has 0 aliphatic carbocycles. The van der Waals surface area contributed by atoms with E-state index in [9.17, 15) is 22.4 Å². The Morgan fingerprint density at radius 1 is 1.13 bits per heavy atom. The Hall–Kier alpha value is -3.30. The Balaban J connectivity index is 1.68. The number of ether oxygens (including phenoxy) is 1. The largest absolute Gasteiger partial charge is 0.481 e. The molecule has 2 aromatic rings. The van der Waals surface area contributed by atoms with Crippen LogP contribution in [0.3, 0.4) is 0 Å². The van der Waals surface area contributed by atoms with Crippen molar-refractivity contribution in [3.63, 3.8) is 0 Å². The van der Waals surface area contributed by atoms with Gasteiger partial charge in [0.2, 0.25) is 0 Å². The van der Waals surface area contributed by atoms with E-state index in [1.165, 1.54) is 36.4 Å². The molecule has 166 valence electrons. The molecule has 10 heteroatoms. The van der Waals surface area contributed by atoms with Crippen molar-refractivity contribution < 1.29 is 32.3 Å². The molecule has 1 aliphatic rings. The summed E-state index contributed by atoms with van der Waals surface area (Å²) >= 11 is 0. The van der Waals surface area contributed by atoms with Crippen molar-refractivity contribution in [1.29, 1.82) is 0 Å². The van der Waals surface area contributed by atoms with Crippen LogP contribution in [0, 0.1) is 5.82 Å². The molecule has 2 aromatic carbocycles. The fourth-order valence-electron chi connectivity index (χ4n) is 3.46. The third-order valence-corrected chi connectivity index (χ3v) is 4.98. The van der Waals surface area contributed by atoms with Crippen LogP contribution in [0.4, 0.5) is 23.2 Å². The number of nitrogens with zero attached hydrogens (tertiary/aromatic N) is 3. The number of halogens is 4. The number of hydrogen-bond donors (Lipinski definition) is 1. The lowest BCUT2D eigenvalue weighted by Crippen LogP contribution is -2.52. The minimum Gasteiger partial charge on any atom is -0.481 e. The van der Waals surface area contributed by atoms with Crippen LogP contribution in [-0.2, 0) is 11.0 Å². The van der Waals surface area contributed by atoms with Crippen LogP contribution in [0.15, 0.2) is 47.6 Å². The fraction of sp³-hybridized carbons (Fsp3) is 0.333. The summed E-state index contributed by atoms with van der Waals surface area (Å²) in [5.41, 5.74) is -0.858. The van der Waals surface area contributed by atoms with Crippen LogP contribution in [-0.4, -0.2) is 54.5 Å². The minimum absolute atomic E-state index is 0.231. The Bertz CT molecular complexity index is 940. The highest BCUT2D eigenvalue weighted by Crippen LogP contribution is 2.35. The van der Waals surface area contributed by atoms with Gasteiger partial charge >= 0.3 is 6.18 Å². The zero-order valence-electron chi connectivity index (χ0n) is 16.6. The van der Waals surface area contributed by atoms with Gasteiger partial charge in [-0.25, -0.2) is 4.39 Å². The van der Waals surface area contributed by atoms with E-state index in [-0.39, 0.29) is 30.2 Å². The summed E-state index contributed by atoms with van der Waals surface area (Å²) in [6, 6.07) is 9.05. The molecule has 1 N–H and O–H groups in total. The summed E-state index contributed by atoms with van der Waals surface area (Å²) in [4.78, 5) is 16.0. The number of carbonyl (C=O) groups excluding carboxylic acids is 1. The van der Waals surface area contributed by atoms with Crippen molar-refractivity contribution in [2.75, 3.05) is 31.1 Å². The number of benzene rings is 2. The molecule has 6 nitrogen and oxygen atoms in total. The number of piperazine rings is 1. The number of anilines is 1. The van der Waals surface area contributed by atoms with E-state index < -0.39 is 23.7 Å². The molecule has 31 heavy (non-hydrogen) atoms. The molecule has 1 amide bonds. The van der Waals surface area contributed by atoms with Crippen LogP contribution in [0.2, 0.25) is 0 Å². The fourth-order valence-corrected chi connectivity index (χ4v) is 3.46. The predicted octanol–water partition coefficient (Wildman–Crippen LogP) is 3.77. The van der Waals surface area contributed by atoms with Crippen molar-refractivity contribution in [3.8, 4) is 5.75 Å². The highest BCUT2D eigenvalue weighted by Gasteiger charge is 2.35. The van der Waals surface area contributed by atoms with Gasteiger partial charge in [0.25, 0.3) is 5.91 Å². The van der Waals surface area contributed by atoms with Crippen molar-refractivity contribution in [1.82, 2.24) is 4.90 Å². The summed E-state index contributed by atoms with van der Waals surface area (Å²) in [5, 5.41) is 11.6. The van der Waals surface area contributed by atoms with Gasteiger partial charge in [-0.2, -0.15) is 13.2 Å². The Labute approximate surface area is 176 Å². The molecular weight excluding hydrogens is 418 g/mol. The molecule has 3 rings (SSSR count). The second-order valence-corrected chi connectivity index (χ2v) is 7.01. The maximum absolute atomic E-state index is 13.3. The molecule has 1 unspecified atom stereocenters. The average molecular weight is 439 g/mol. The van der Waals surface area contributed by atoms with Crippen molar-refractivity contribution >= 4 is 17.8 Å². The first-order valence-electron chi connectivity index (χ1n) is 9.54. The van der Waals surface area contributed by atoms with Crippen molar-refractivity contribution in [3.05, 3.63) is 59.4 Å². The second-order valence-electron chi connectivity index (χ2n) is 7.01. The number of hydrogen-bond acceptors (Lipinski definition) is 5. The Morgan fingerprint density at radius 3 is 2.35 bits per heavy atom. The summed E-state index contributed by atoms with van der Waals surface area (Å²) < 4.78 is 58.5. The normalized spacial score (nSPS) is 15.9. The summed E-state index contributed by atoms with van der Waals surface area (Å²) in [5.74, 6) is -0.328. The second kappa shape index (κ2) is 9.23. The van der Waals surface area contributed by atoms with Crippen LogP contribution < -0.4 is 9.64 Å². The molecule has 1 heterocycles. The predicted molar refractivity (Wildman–Crippen MR) is 106 cm³/mol. The van der Waals surface area contributed by atoms with Gasteiger partial charge in [0, 0.05) is 37.4 Å². The van der Waals surface area contributed by atoms with E-state index in [1.807, 2.05) is 0 Å². The highest BCUT2D eigenvalue weighted by atomic mass is 19.4. The minimum atomic E-state index is -4.60. The molecular formula is C21H21F4N3O3. The van der Waals surface area contributed by atoms with Gasteiger partial charge in [0.05, 0.1) is 11.8 Å². The molecule has 0 saturated carbocycles. The van der Waals surface area contributed by atoms with Gasteiger partial charge in [-0.1, -0.05) is 11.2 Å². The number of rotatable bonds is 5. The lowest BCUT2D eigenvalue weighted by Gasteiger charge is -2.38. The summed E-state index contributed by atoms with van der Waals surface area (Å²) in [6.45, 7) is 2.73. The standard InChI is InChI=1S/C21H21F4N3O3/c1-14(31-16-7-5-15(22)6-8-16)20(29)28-11-9-27(10-12-28)19-4-2-3-18(21(23,24)25)17(19)13-26-30/h2-8,13-14,30H,9-12H2,1H3. The zero-order valence-corrected chi connectivity index (χ0v) is 16.6. The van der Waals surface area contributed by atoms with Crippen molar-refractivity contribution in [2.24, 2.45) is 5.16 Å². The van der Waals surface area contributed by atoms with Crippen LogP contribution in [0.1, 0.15) is 18.1 Å². The van der Waals surface area contributed by atoms with E-state index in [0.717, 1.165) is 12.3 Å². The topological polar surface area (TPSA) is 65.4 Å². The molecule has 1 aliphatic heterocycles. The Morgan fingerprint density at radius 2 is 1.77 bits per heavy atom. The quantitative estimate of drug-likeness (QED) is 0.334. The number of oxime groups is 1.